The molecule has 0 aromatic heterocycles. The van der Waals surface area contributed by atoms with Crippen molar-refractivity contribution in [1.29, 1.82) is 0 Å². The van der Waals surface area contributed by atoms with Gasteiger partial charge in [-0.3, -0.25) is 4.79 Å². The first kappa shape index (κ1) is 26.6. The third-order valence-electron chi connectivity index (χ3n) is 11.4. The normalized spacial score (nSPS) is 48.7. The Morgan fingerprint density at radius 1 is 1.17 bits per heavy atom. The summed E-state index contributed by atoms with van der Waals surface area (Å²) in [4.78, 5) is 12.8. The van der Waals surface area contributed by atoms with Crippen LogP contribution in [0.1, 0.15) is 73.6 Å². The van der Waals surface area contributed by atoms with Crippen LogP contribution in [0.15, 0.2) is 23.8 Å². The standard InChI is InChI=1S/C30H46O6/c1-27(2)22-15-20(31)24-18-9-8-17(16-14-21(36-26(16)35-7)25(33)28(3,4)34)29(18,5)12-10-19(24)30(22,6)13-11-23(27)32/h9,11,13,16-17,19-22,24-26,31,33-34H,8,10,12,14-15H2,1-7H3/t16-,17-,19-,20+,21+,22-,24-,25+,26-,29-,30+/m0/s1. The summed E-state index contributed by atoms with van der Waals surface area (Å²) < 4.78 is 11.9. The van der Waals surface area contributed by atoms with E-state index in [0.29, 0.717) is 18.8 Å². The lowest BCUT2D eigenvalue weighted by atomic mass is 9.43. The highest BCUT2D eigenvalue weighted by Crippen LogP contribution is 2.68. The van der Waals surface area contributed by atoms with E-state index in [1.54, 1.807) is 27.0 Å². The maximum absolute atomic E-state index is 12.8. The Bertz CT molecular complexity index is 961. The van der Waals surface area contributed by atoms with E-state index in [2.05, 4.69) is 39.8 Å². The lowest BCUT2D eigenvalue weighted by Gasteiger charge is -2.61. The molecule has 11 atom stereocenters. The molecule has 0 unspecified atom stereocenters. The monoisotopic (exact) mass is 502 g/mol. The maximum atomic E-state index is 12.8. The van der Waals surface area contributed by atoms with Gasteiger partial charge in [-0.2, -0.15) is 0 Å². The summed E-state index contributed by atoms with van der Waals surface area (Å²) in [7, 11) is 1.66. The van der Waals surface area contributed by atoms with Crippen LogP contribution in [-0.2, 0) is 14.3 Å². The number of carbonyl (C=O) groups excluding carboxylic acids is 1. The van der Waals surface area contributed by atoms with Crippen LogP contribution < -0.4 is 0 Å². The summed E-state index contributed by atoms with van der Waals surface area (Å²) in [5.41, 5.74) is -0.532. The third kappa shape index (κ3) is 3.65. The van der Waals surface area contributed by atoms with Crippen LogP contribution in [0.2, 0.25) is 0 Å². The molecule has 5 aliphatic rings. The average Bonchev–Trinajstić information content (AvgIpc) is 3.37. The van der Waals surface area contributed by atoms with Gasteiger partial charge in [-0.1, -0.05) is 45.4 Å². The number of ether oxygens (including phenoxy) is 2. The average molecular weight is 503 g/mol. The lowest BCUT2D eigenvalue weighted by Crippen LogP contribution is -2.59. The molecule has 0 spiro atoms. The number of hydrogen-bond donors (Lipinski definition) is 3. The zero-order chi connectivity index (χ0) is 26.4. The van der Waals surface area contributed by atoms with E-state index < -0.39 is 35.6 Å². The molecule has 6 nitrogen and oxygen atoms in total. The smallest absolute Gasteiger partial charge is 0.161 e. The second-order valence-corrected chi connectivity index (χ2v) is 14.0. The first-order valence-corrected chi connectivity index (χ1v) is 13.9. The number of allylic oxidation sites excluding steroid dienone is 3. The zero-order valence-corrected chi connectivity index (χ0v) is 23.0. The Labute approximate surface area is 216 Å². The van der Waals surface area contributed by atoms with Gasteiger partial charge in [0.25, 0.3) is 0 Å². The van der Waals surface area contributed by atoms with Gasteiger partial charge in [0, 0.05) is 24.4 Å². The van der Waals surface area contributed by atoms with E-state index in [4.69, 9.17) is 9.47 Å². The molecular formula is C30H46O6. The summed E-state index contributed by atoms with van der Waals surface area (Å²) in [5.74, 6) is 1.08. The van der Waals surface area contributed by atoms with Crippen LogP contribution >= 0.6 is 0 Å². The molecule has 0 amide bonds. The van der Waals surface area contributed by atoms with Gasteiger partial charge in [-0.15, -0.1) is 0 Å². The number of aliphatic hydroxyl groups is 3. The molecule has 5 rings (SSSR count). The van der Waals surface area contributed by atoms with Gasteiger partial charge in [-0.25, -0.2) is 0 Å². The van der Waals surface area contributed by atoms with Crippen LogP contribution in [0.3, 0.4) is 0 Å². The number of carbonyl (C=O) groups is 1. The molecule has 4 aliphatic carbocycles. The fourth-order valence-corrected chi connectivity index (χ4v) is 9.28. The van der Waals surface area contributed by atoms with Crippen LogP contribution in [0, 0.1) is 45.8 Å². The van der Waals surface area contributed by atoms with Gasteiger partial charge in [0.05, 0.1) is 17.8 Å². The van der Waals surface area contributed by atoms with Gasteiger partial charge in [0.2, 0.25) is 0 Å². The van der Waals surface area contributed by atoms with Crippen LogP contribution in [0.25, 0.3) is 0 Å². The van der Waals surface area contributed by atoms with Crippen molar-refractivity contribution in [2.45, 2.75) is 104 Å². The van der Waals surface area contributed by atoms with E-state index in [1.807, 2.05) is 0 Å². The number of hydrogen-bond acceptors (Lipinski definition) is 6. The fourth-order valence-electron chi connectivity index (χ4n) is 9.28. The third-order valence-corrected chi connectivity index (χ3v) is 11.4. The minimum atomic E-state index is -1.25. The number of fused-ring (bicyclic) bond motifs is 5. The van der Waals surface area contributed by atoms with Crippen molar-refractivity contribution in [1.82, 2.24) is 0 Å². The minimum Gasteiger partial charge on any atom is -0.392 e. The van der Waals surface area contributed by atoms with Crippen LogP contribution in [0.4, 0.5) is 0 Å². The van der Waals surface area contributed by atoms with E-state index in [9.17, 15) is 20.1 Å². The number of ketones is 1. The van der Waals surface area contributed by atoms with Crippen molar-refractivity contribution in [3.63, 3.8) is 0 Å². The van der Waals surface area contributed by atoms with Crippen molar-refractivity contribution in [2.24, 2.45) is 45.8 Å². The van der Waals surface area contributed by atoms with Crippen molar-refractivity contribution in [3.05, 3.63) is 23.8 Å². The highest BCUT2D eigenvalue weighted by Gasteiger charge is 2.64. The van der Waals surface area contributed by atoms with Crippen molar-refractivity contribution in [3.8, 4) is 0 Å². The summed E-state index contributed by atoms with van der Waals surface area (Å²) >= 11 is 0. The molecule has 6 heteroatoms. The van der Waals surface area contributed by atoms with E-state index >= 15 is 0 Å². The van der Waals surface area contributed by atoms with Gasteiger partial charge >= 0.3 is 0 Å². The molecule has 3 N–H and O–H groups in total. The molecule has 36 heavy (non-hydrogen) atoms. The molecule has 3 fully saturated rings. The molecular weight excluding hydrogens is 456 g/mol. The number of aliphatic hydroxyl groups excluding tert-OH is 2. The Morgan fingerprint density at radius 2 is 1.86 bits per heavy atom. The van der Waals surface area contributed by atoms with E-state index in [1.165, 1.54) is 5.57 Å². The predicted molar refractivity (Wildman–Crippen MR) is 137 cm³/mol. The Kier molecular flexibility index (Phi) is 6.25. The zero-order valence-electron chi connectivity index (χ0n) is 23.0. The fraction of sp³-hybridized carbons (Fsp3) is 0.833. The largest absolute Gasteiger partial charge is 0.392 e. The molecule has 202 valence electrons. The molecule has 1 aliphatic heterocycles. The predicted octanol–water partition coefficient (Wildman–Crippen LogP) is 4.03. The van der Waals surface area contributed by atoms with E-state index in [0.717, 1.165) is 19.3 Å². The number of methoxy groups -OCH3 is 1. The van der Waals surface area contributed by atoms with Gasteiger partial charge in [0.15, 0.2) is 12.1 Å². The van der Waals surface area contributed by atoms with Crippen molar-refractivity contribution < 1.29 is 29.6 Å². The Balaban J connectivity index is 1.43. The van der Waals surface area contributed by atoms with E-state index in [-0.39, 0.29) is 40.3 Å². The molecule has 1 heterocycles. The van der Waals surface area contributed by atoms with Gasteiger partial charge < -0.3 is 24.8 Å². The SMILES string of the molecule is CO[C@H]1O[C@@H]([C@@H](O)C(C)(C)O)C[C@H]1[C@@H]1CC=C2[C@@H]3[C@H](O)C[C@H]4C(C)(C)C(=O)C=C[C@]4(C)[C@H]3CC[C@]21C. The summed E-state index contributed by atoms with van der Waals surface area (Å²) in [5, 5.41) is 32.7. The highest BCUT2D eigenvalue weighted by atomic mass is 16.7. The Morgan fingerprint density at radius 3 is 2.50 bits per heavy atom. The topological polar surface area (TPSA) is 96.2 Å². The summed E-state index contributed by atoms with van der Waals surface area (Å²) in [6, 6.07) is 0. The molecule has 2 saturated carbocycles. The number of rotatable bonds is 4. The van der Waals surface area contributed by atoms with Crippen LogP contribution in [0.5, 0.6) is 0 Å². The highest BCUT2D eigenvalue weighted by molar-refractivity contribution is 5.95. The molecule has 0 aromatic carbocycles. The summed E-state index contributed by atoms with van der Waals surface area (Å²) in [6.45, 7) is 12.0. The van der Waals surface area contributed by atoms with Crippen LogP contribution in [-0.4, -0.2) is 58.4 Å². The summed E-state index contributed by atoms with van der Waals surface area (Å²) in [6.07, 6.45) is 8.22. The molecule has 1 saturated heterocycles. The second kappa shape index (κ2) is 8.47. The first-order valence-electron chi connectivity index (χ1n) is 13.9. The lowest BCUT2D eigenvalue weighted by molar-refractivity contribution is -0.183. The molecule has 0 radical (unpaired) electrons. The molecule has 0 aromatic rings. The Hall–Kier alpha value is -1.05. The van der Waals surface area contributed by atoms with Gasteiger partial charge in [-0.05, 0) is 80.6 Å². The van der Waals surface area contributed by atoms with Crippen molar-refractivity contribution >= 4 is 5.78 Å². The second-order valence-electron chi connectivity index (χ2n) is 14.0. The van der Waals surface area contributed by atoms with Gasteiger partial charge in [0.1, 0.15) is 6.10 Å². The quantitative estimate of drug-likeness (QED) is 0.503. The first-order chi connectivity index (χ1) is 16.7. The van der Waals surface area contributed by atoms with Crippen molar-refractivity contribution in [2.75, 3.05) is 7.11 Å². The maximum Gasteiger partial charge on any atom is 0.161 e. The minimum absolute atomic E-state index is 0.0750. The molecule has 0 bridgehead atoms.